The fourth-order valence-electron chi connectivity index (χ4n) is 1.52. The van der Waals surface area contributed by atoms with Crippen molar-refractivity contribution in [1.29, 1.82) is 0 Å². The first kappa shape index (κ1) is 13.9. The van der Waals surface area contributed by atoms with Crippen LogP contribution >= 0.6 is 0 Å². The fourth-order valence-corrected chi connectivity index (χ4v) is 1.52. The third-order valence-corrected chi connectivity index (χ3v) is 2.49. The molecule has 0 radical (unpaired) electrons. The van der Waals surface area contributed by atoms with Crippen molar-refractivity contribution in [2.24, 2.45) is 5.84 Å². The Labute approximate surface area is 98.2 Å². The number of rotatable bonds is 6. The molecule has 0 aliphatic rings. The molecular weight excluding hydrogens is 231 g/mol. The van der Waals surface area contributed by atoms with Crippen molar-refractivity contribution in [1.82, 2.24) is 10.4 Å². The maximum absolute atomic E-state index is 12.0. The molecule has 96 valence electrons. The molecule has 0 saturated heterocycles. The van der Waals surface area contributed by atoms with Crippen LogP contribution in [0.15, 0.2) is 24.4 Å². The van der Waals surface area contributed by atoms with Gasteiger partial charge >= 0.3 is 6.18 Å². The Kier molecular flexibility index (Phi) is 5.37. The van der Waals surface area contributed by atoms with Gasteiger partial charge in [-0.1, -0.05) is 6.07 Å². The third-order valence-electron chi connectivity index (χ3n) is 2.49. The first-order valence-electron chi connectivity index (χ1n) is 5.44. The molecule has 1 aromatic rings. The number of halogens is 3. The van der Waals surface area contributed by atoms with E-state index in [-0.39, 0.29) is 12.5 Å². The van der Waals surface area contributed by atoms with Crippen molar-refractivity contribution < 1.29 is 13.2 Å². The topological polar surface area (TPSA) is 50.9 Å². The summed E-state index contributed by atoms with van der Waals surface area (Å²) in [6.07, 6.45) is -2.12. The lowest BCUT2D eigenvalue weighted by Gasteiger charge is -2.16. The summed E-state index contributed by atoms with van der Waals surface area (Å²) in [5, 5.41) is 0. The Morgan fingerprint density at radius 3 is 2.59 bits per heavy atom. The lowest BCUT2D eigenvalue weighted by molar-refractivity contribution is -0.136. The predicted molar refractivity (Wildman–Crippen MR) is 59.0 cm³/mol. The molecule has 0 bridgehead atoms. The highest BCUT2D eigenvalue weighted by Gasteiger charge is 2.27. The lowest BCUT2D eigenvalue weighted by Crippen LogP contribution is -2.36. The molecule has 0 aliphatic heterocycles. The van der Waals surface area contributed by atoms with Crippen LogP contribution in [0, 0.1) is 0 Å². The van der Waals surface area contributed by atoms with E-state index in [1.165, 1.54) is 0 Å². The second-order valence-corrected chi connectivity index (χ2v) is 3.88. The number of hydrogen-bond donors (Lipinski definition) is 2. The zero-order chi connectivity index (χ0) is 12.7. The molecule has 1 unspecified atom stereocenters. The standard InChI is InChI=1S/C11H16F3N3/c12-11(13,14)7-6-10(17-15)5-4-9-3-1-2-8-16-9/h1-3,8,10,17H,4-7,15H2. The van der Waals surface area contributed by atoms with Gasteiger partial charge in [-0.25, -0.2) is 0 Å². The molecule has 3 N–H and O–H groups in total. The number of nitrogens with zero attached hydrogens (tertiary/aromatic N) is 1. The quantitative estimate of drug-likeness (QED) is 0.598. The molecule has 0 spiro atoms. The molecule has 0 aliphatic carbocycles. The first-order valence-corrected chi connectivity index (χ1v) is 5.44. The van der Waals surface area contributed by atoms with E-state index in [2.05, 4.69) is 10.4 Å². The minimum atomic E-state index is -4.12. The average molecular weight is 247 g/mol. The summed E-state index contributed by atoms with van der Waals surface area (Å²) in [6.45, 7) is 0. The number of aryl methyl sites for hydroxylation is 1. The Morgan fingerprint density at radius 2 is 2.06 bits per heavy atom. The summed E-state index contributed by atoms with van der Waals surface area (Å²) in [4.78, 5) is 4.10. The van der Waals surface area contributed by atoms with Gasteiger partial charge in [0.15, 0.2) is 0 Å². The van der Waals surface area contributed by atoms with Crippen LogP contribution in [-0.4, -0.2) is 17.2 Å². The molecule has 6 heteroatoms. The van der Waals surface area contributed by atoms with Gasteiger partial charge in [0, 0.05) is 24.4 Å². The molecule has 0 amide bonds. The summed E-state index contributed by atoms with van der Waals surface area (Å²) in [5.74, 6) is 5.23. The normalized spacial score (nSPS) is 13.6. The SMILES string of the molecule is NNC(CCc1ccccn1)CCC(F)(F)F. The van der Waals surface area contributed by atoms with Crippen molar-refractivity contribution >= 4 is 0 Å². The third kappa shape index (κ3) is 6.23. The maximum Gasteiger partial charge on any atom is 0.389 e. The van der Waals surface area contributed by atoms with Crippen molar-refractivity contribution in [3.63, 3.8) is 0 Å². The summed E-state index contributed by atoms with van der Waals surface area (Å²) >= 11 is 0. The molecule has 0 saturated carbocycles. The van der Waals surface area contributed by atoms with E-state index >= 15 is 0 Å². The molecule has 0 fully saturated rings. The number of hydrazine groups is 1. The van der Waals surface area contributed by atoms with Crippen molar-refractivity contribution in [2.75, 3.05) is 0 Å². The van der Waals surface area contributed by atoms with Crippen LogP contribution in [0.4, 0.5) is 13.2 Å². The van der Waals surface area contributed by atoms with Gasteiger partial charge in [-0.2, -0.15) is 13.2 Å². The number of hydrogen-bond acceptors (Lipinski definition) is 3. The molecule has 1 atom stereocenters. The second-order valence-electron chi connectivity index (χ2n) is 3.88. The van der Waals surface area contributed by atoms with E-state index in [0.717, 1.165) is 5.69 Å². The van der Waals surface area contributed by atoms with Gasteiger partial charge in [-0.3, -0.25) is 16.3 Å². The monoisotopic (exact) mass is 247 g/mol. The van der Waals surface area contributed by atoms with Crippen LogP contribution in [0.3, 0.4) is 0 Å². The van der Waals surface area contributed by atoms with Crippen LogP contribution in [0.2, 0.25) is 0 Å². The highest BCUT2D eigenvalue weighted by Crippen LogP contribution is 2.23. The van der Waals surface area contributed by atoms with Crippen LogP contribution in [0.1, 0.15) is 25.0 Å². The molecule has 1 aromatic heterocycles. The van der Waals surface area contributed by atoms with Crippen LogP contribution in [0.25, 0.3) is 0 Å². The van der Waals surface area contributed by atoms with Gasteiger partial charge in [0.25, 0.3) is 0 Å². The molecule has 0 aromatic carbocycles. The summed E-state index contributed by atoms with van der Waals surface area (Å²) in [6, 6.07) is 5.16. The average Bonchev–Trinajstić information content (AvgIpc) is 2.29. The molecule has 3 nitrogen and oxygen atoms in total. The first-order chi connectivity index (χ1) is 8.01. The van der Waals surface area contributed by atoms with Gasteiger partial charge in [0.05, 0.1) is 0 Å². The van der Waals surface area contributed by atoms with Crippen molar-refractivity contribution in [3.05, 3.63) is 30.1 Å². The van der Waals surface area contributed by atoms with Crippen molar-refractivity contribution in [3.8, 4) is 0 Å². The number of nitrogens with two attached hydrogens (primary N) is 1. The Bertz CT molecular complexity index is 313. The lowest BCUT2D eigenvalue weighted by atomic mass is 10.0. The number of nitrogens with one attached hydrogen (secondary N) is 1. The second kappa shape index (κ2) is 6.56. The highest BCUT2D eigenvalue weighted by atomic mass is 19.4. The zero-order valence-corrected chi connectivity index (χ0v) is 9.37. The van der Waals surface area contributed by atoms with E-state index in [4.69, 9.17) is 5.84 Å². The molecular formula is C11H16F3N3. The van der Waals surface area contributed by atoms with Gasteiger partial charge in [0.2, 0.25) is 0 Å². The van der Waals surface area contributed by atoms with Gasteiger partial charge in [-0.05, 0) is 31.4 Å². The summed E-state index contributed by atoms with van der Waals surface area (Å²) in [5.41, 5.74) is 3.28. The van der Waals surface area contributed by atoms with E-state index in [0.29, 0.717) is 12.8 Å². The predicted octanol–water partition coefficient (Wildman–Crippen LogP) is 2.19. The largest absolute Gasteiger partial charge is 0.389 e. The van der Waals surface area contributed by atoms with Crippen molar-refractivity contribution in [2.45, 2.75) is 37.9 Å². The Hall–Kier alpha value is -1.14. The van der Waals surface area contributed by atoms with E-state index < -0.39 is 12.6 Å². The van der Waals surface area contributed by atoms with E-state index in [1.54, 1.807) is 12.3 Å². The smallest absolute Gasteiger partial charge is 0.271 e. The number of aromatic nitrogens is 1. The Morgan fingerprint density at radius 1 is 1.29 bits per heavy atom. The van der Waals surface area contributed by atoms with Gasteiger partial charge in [-0.15, -0.1) is 0 Å². The summed E-state index contributed by atoms with van der Waals surface area (Å²) < 4.78 is 36.1. The molecule has 1 heterocycles. The molecule has 17 heavy (non-hydrogen) atoms. The molecule has 1 rings (SSSR count). The van der Waals surface area contributed by atoms with Crippen LogP contribution < -0.4 is 11.3 Å². The van der Waals surface area contributed by atoms with Crippen LogP contribution in [-0.2, 0) is 6.42 Å². The van der Waals surface area contributed by atoms with Gasteiger partial charge < -0.3 is 0 Å². The van der Waals surface area contributed by atoms with Crippen LogP contribution in [0.5, 0.6) is 0 Å². The summed E-state index contributed by atoms with van der Waals surface area (Å²) in [7, 11) is 0. The minimum Gasteiger partial charge on any atom is -0.271 e. The van der Waals surface area contributed by atoms with Gasteiger partial charge in [0.1, 0.15) is 0 Å². The number of pyridine rings is 1. The van der Waals surface area contributed by atoms with E-state index in [1.807, 2.05) is 12.1 Å². The highest BCUT2D eigenvalue weighted by molar-refractivity contribution is 5.03. The van der Waals surface area contributed by atoms with E-state index in [9.17, 15) is 13.2 Å². The number of alkyl halides is 3. The minimum absolute atomic E-state index is 0.00711. The fraction of sp³-hybridized carbons (Fsp3) is 0.545. The Balaban J connectivity index is 2.33. The zero-order valence-electron chi connectivity index (χ0n) is 9.37. The maximum atomic E-state index is 12.0.